The lowest BCUT2D eigenvalue weighted by atomic mass is 10.5. The summed E-state index contributed by atoms with van der Waals surface area (Å²) in [5.41, 5.74) is 0. The van der Waals surface area contributed by atoms with E-state index in [1.807, 2.05) is 0 Å². The minimum absolute atomic E-state index is 0.351. The molecule has 1 aliphatic heterocycles. The summed E-state index contributed by atoms with van der Waals surface area (Å²) in [6, 6.07) is 0. The predicted molar refractivity (Wildman–Crippen MR) is 26.0 cm³/mol. The van der Waals surface area contributed by atoms with Crippen molar-refractivity contribution in [1.82, 2.24) is 0 Å². The highest BCUT2D eigenvalue weighted by Gasteiger charge is 2.37. The molecule has 5 heteroatoms. The van der Waals surface area contributed by atoms with Crippen LogP contribution in [0.25, 0.3) is 0 Å². The lowest BCUT2D eigenvalue weighted by Crippen LogP contribution is -2.16. The Balaban J connectivity index is 2.12. The van der Waals surface area contributed by atoms with Crippen molar-refractivity contribution < 1.29 is 22.6 Å². The van der Waals surface area contributed by atoms with E-state index in [9.17, 15) is 13.2 Å². The zero-order valence-electron chi connectivity index (χ0n) is 4.94. The molecule has 1 rings (SSSR count). The average molecular weight is 154 g/mol. The summed E-state index contributed by atoms with van der Waals surface area (Å²) in [4.78, 5) is 0. The van der Waals surface area contributed by atoms with Gasteiger partial charge in [-0.3, -0.25) is 4.74 Å². The van der Waals surface area contributed by atoms with E-state index in [4.69, 9.17) is 0 Å². The standard InChI is InChI=1S/C5H5F3O2/c1-3-4(10-3)2-9-5(6,7)8/h4H,1-2H2. The van der Waals surface area contributed by atoms with Crippen LogP contribution in [0.5, 0.6) is 0 Å². The van der Waals surface area contributed by atoms with E-state index in [0.717, 1.165) is 0 Å². The molecule has 1 saturated heterocycles. The summed E-state index contributed by atoms with van der Waals surface area (Å²) in [7, 11) is 0. The molecule has 58 valence electrons. The quantitative estimate of drug-likeness (QED) is 0.561. The second-order valence-electron chi connectivity index (χ2n) is 1.83. The number of halogens is 3. The van der Waals surface area contributed by atoms with Gasteiger partial charge in [0.2, 0.25) is 0 Å². The summed E-state index contributed by atoms with van der Waals surface area (Å²) in [6.07, 6.45) is -5.12. The largest absolute Gasteiger partial charge is 0.522 e. The van der Waals surface area contributed by atoms with Gasteiger partial charge in [0.25, 0.3) is 0 Å². The van der Waals surface area contributed by atoms with Crippen molar-refractivity contribution in [2.24, 2.45) is 0 Å². The van der Waals surface area contributed by atoms with Crippen molar-refractivity contribution in [2.45, 2.75) is 12.5 Å². The van der Waals surface area contributed by atoms with Crippen molar-refractivity contribution in [3.8, 4) is 0 Å². The van der Waals surface area contributed by atoms with E-state index in [1.54, 1.807) is 0 Å². The maximum absolute atomic E-state index is 11.3. The molecule has 0 radical (unpaired) electrons. The Morgan fingerprint density at radius 3 is 2.40 bits per heavy atom. The van der Waals surface area contributed by atoms with Gasteiger partial charge < -0.3 is 4.74 Å². The highest BCUT2D eigenvalue weighted by molar-refractivity contribution is 5.07. The topological polar surface area (TPSA) is 21.8 Å². The van der Waals surface area contributed by atoms with Gasteiger partial charge in [0.1, 0.15) is 12.4 Å². The average Bonchev–Trinajstić information content (AvgIpc) is 2.40. The van der Waals surface area contributed by atoms with Crippen LogP contribution in [0.2, 0.25) is 0 Å². The van der Waals surface area contributed by atoms with Crippen molar-refractivity contribution >= 4 is 0 Å². The summed E-state index contributed by atoms with van der Waals surface area (Å²) < 4.78 is 41.7. The molecule has 1 fully saturated rings. The van der Waals surface area contributed by atoms with Gasteiger partial charge in [0.05, 0.1) is 0 Å². The maximum atomic E-state index is 11.3. The van der Waals surface area contributed by atoms with Crippen molar-refractivity contribution in [2.75, 3.05) is 6.61 Å². The fourth-order valence-electron chi connectivity index (χ4n) is 0.446. The van der Waals surface area contributed by atoms with Gasteiger partial charge in [-0.15, -0.1) is 13.2 Å². The molecule has 0 aromatic heterocycles. The third kappa shape index (κ3) is 2.26. The molecule has 0 saturated carbocycles. The van der Waals surface area contributed by atoms with Gasteiger partial charge in [0.15, 0.2) is 6.10 Å². The first-order valence-corrected chi connectivity index (χ1v) is 2.55. The Morgan fingerprint density at radius 2 is 2.10 bits per heavy atom. The molecule has 1 unspecified atom stereocenters. The van der Waals surface area contributed by atoms with Gasteiger partial charge >= 0.3 is 6.36 Å². The Morgan fingerprint density at radius 1 is 1.60 bits per heavy atom. The second kappa shape index (κ2) is 2.16. The van der Waals surface area contributed by atoms with Crippen molar-refractivity contribution in [3.05, 3.63) is 12.3 Å². The number of epoxide rings is 1. The molecule has 1 atom stereocenters. The fourth-order valence-corrected chi connectivity index (χ4v) is 0.446. The lowest BCUT2D eigenvalue weighted by molar-refractivity contribution is -0.325. The van der Waals surface area contributed by atoms with Gasteiger partial charge in [-0.1, -0.05) is 6.58 Å². The molecule has 10 heavy (non-hydrogen) atoms. The summed E-state index contributed by atoms with van der Waals surface area (Å²) in [6.45, 7) is 2.80. The van der Waals surface area contributed by atoms with Crippen molar-refractivity contribution in [3.63, 3.8) is 0 Å². The van der Waals surface area contributed by atoms with Crippen LogP contribution in [-0.4, -0.2) is 19.1 Å². The number of hydrogen-bond acceptors (Lipinski definition) is 2. The Kier molecular flexibility index (Phi) is 1.60. The van der Waals surface area contributed by atoms with Crippen LogP contribution >= 0.6 is 0 Å². The number of alkyl halides is 3. The highest BCUT2D eigenvalue weighted by atomic mass is 19.4. The molecule has 0 aliphatic carbocycles. The van der Waals surface area contributed by atoms with Crippen LogP contribution in [0, 0.1) is 0 Å². The van der Waals surface area contributed by atoms with Gasteiger partial charge in [-0.2, -0.15) is 0 Å². The van der Waals surface area contributed by atoms with Crippen LogP contribution in [-0.2, 0) is 9.47 Å². The number of hydrogen-bond donors (Lipinski definition) is 0. The molecular weight excluding hydrogens is 149 g/mol. The normalized spacial score (nSPS) is 24.3. The predicted octanol–water partition coefficient (Wildman–Crippen LogP) is 1.44. The fraction of sp³-hybridized carbons (Fsp3) is 0.600. The van der Waals surface area contributed by atoms with E-state index in [1.165, 1.54) is 0 Å². The van der Waals surface area contributed by atoms with Crippen LogP contribution < -0.4 is 0 Å². The Labute approximate surface area is 55.2 Å². The van der Waals surface area contributed by atoms with E-state index < -0.39 is 19.1 Å². The minimum Gasteiger partial charge on any atom is -0.481 e. The van der Waals surface area contributed by atoms with Gasteiger partial charge in [0, 0.05) is 0 Å². The lowest BCUT2D eigenvalue weighted by Gasteiger charge is -2.03. The molecule has 0 bridgehead atoms. The van der Waals surface area contributed by atoms with E-state index in [2.05, 4.69) is 16.1 Å². The van der Waals surface area contributed by atoms with Crippen LogP contribution in [0.15, 0.2) is 12.3 Å². The van der Waals surface area contributed by atoms with Gasteiger partial charge in [-0.25, -0.2) is 0 Å². The van der Waals surface area contributed by atoms with E-state index in [-0.39, 0.29) is 0 Å². The highest BCUT2D eigenvalue weighted by Crippen LogP contribution is 2.27. The number of ether oxygens (including phenoxy) is 2. The van der Waals surface area contributed by atoms with Crippen LogP contribution in [0.3, 0.4) is 0 Å². The summed E-state index contributed by atoms with van der Waals surface area (Å²) >= 11 is 0. The smallest absolute Gasteiger partial charge is 0.481 e. The molecule has 0 spiro atoms. The SMILES string of the molecule is C=C1OC1COC(F)(F)F. The minimum atomic E-state index is -4.56. The molecule has 2 nitrogen and oxygen atoms in total. The molecule has 1 heterocycles. The monoisotopic (exact) mass is 154 g/mol. The first-order chi connectivity index (χ1) is 4.49. The summed E-state index contributed by atoms with van der Waals surface area (Å²) in [5, 5.41) is 0. The van der Waals surface area contributed by atoms with Crippen molar-refractivity contribution in [1.29, 1.82) is 0 Å². The molecule has 0 N–H and O–H groups in total. The first-order valence-electron chi connectivity index (χ1n) is 2.55. The molecule has 0 aromatic carbocycles. The summed E-state index contributed by atoms with van der Waals surface area (Å²) in [5.74, 6) is 0.351. The molecule has 0 aromatic rings. The van der Waals surface area contributed by atoms with E-state index in [0.29, 0.717) is 5.76 Å². The number of rotatable bonds is 2. The third-order valence-electron chi connectivity index (χ3n) is 0.994. The van der Waals surface area contributed by atoms with Gasteiger partial charge in [-0.05, 0) is 0 Å². The Bertz CT molecular complexity index is 151. The molecule has 1 aliphatic rings. The third-order valence-corrected chi connectivity index (χ3v) is 0.994. The van der Waals surface area contributed by atoms with Crippen LogP contribution in [0.4, 0.5) is 13.2 Å². The molecular formula is C5H5F3O2. The molecule has 0 amide bonds. The zero-order chi connectivity index (χ0) is 7.78. The zero-order valence-corrected chi connectivity index (χ0v) is 4.94. The first kappa shape index (κ1) is 7.40. The van der Waals surface area contributed by atoms with E-state index >= 15 is 0 Å². The van der Waals surface area contributed by atoms with Crippen LogP contribution in [0.1, 0.15) is 0 Å². The second-order valence-corrected chi connectivity index (χ2v) is 1.83. The maximum Gasteiger partial charge on any atom is 0.522 e. The Hall–Kier alpha value is -0.710.